The van der Waals surface area contributed by atoms with E-state index in [0.717, 1.165) is 154 Å². The summed E-state index contributed by atoms with van der Waals surface area (Å²) < 4.78 is 24.3. The summed E-state index contributed by atoms with van der Waals surface area (Å²) in [5.41, 5.74) is 15.6. The van der Waals surface area contributed by atoms with Gasteiger partial charge in [-0.2, -0.15) is 0 Å². The summed E-state index contributed by atoms with van der Waals surface area (Å²) in [7, 11) is 1.67. The van der Waals surface area contributed by atoms with Crippen molar-refractivity contribution in [3.63, 3.8) is 0 Å². The van der Waals surface area contributed by atoms with Gasteiger partial charge in [0.2, 0.25) is 0 Å². The van der Waals surface area contributed by atoms with Crippen LogP contribution in [0.2, 0.25) is 5.15 Å². The Labute approximate surface area is 715 Å². The highest BCUT2D eigenvalue weighted by atomic mass is 127. The first-order valence-corrected chi connectivity index (χ1v) is 39.5. The minimum Gasteiger partial charge on any atom is -0.497 e. The molecule has 0 bridgehead atoms. The van der Waals surface area contributed by atoms with Gasteiger partial charge >= 0.3 is 0 Å². The number of para-hydroxylation sites is 2. The van der Waals surface area contributed by atoms with Gasteiger partial charge in [0.05, 0.1) is 65.8 Å². The Morgan fingerprint density at radius 2 is 0.908 bits per heavy atom. The van der Waals surface area contributed by atoms with Gasteiger partial charge in [-0.05, 0) is 199 Å². The monoisotopic (exact) mass is 1820 g/mol. The molecule has 0 saturated carbocycles. The number of fused-ring (bicyclic) bond motifs is 24. The zero-order valence-electron chi connectivity index (χ0n) is 63.6. The van der Waals surface area contributed by atoms with E-state index >= 15 is 0 Å². The van der Waals surface area contributed by atoms with Crippen LogP contribution in [0.15, 0.2) is 345 Å². The Kier molecular flexibility index (Phi) is 23.3. The zero-order valence-corrected chi connectivity index (χ0v) is 69.9. The number of halogens is 4. The number of hydrogen-bond donors (Lipinski definition) is 3. The first-order valence-electron chi connectivity index (χ1n) is 37.2. The first kappa shape index (κ1) is 78.8. The third-order valence-electron chi connectivity index (χ3n) is 19.6. The second kappa shape index (κ2) is 35.2. The average Bonchev–Trinajstić information content (AvgIpc) is 1.73. The number of aromatic amines is 2. The number of carboxylic acid groups (broad SMARTS) is 1. The quantitative estimate of drug-likeness (QED) is 0.0797. The molecule has 0 spiro atoms. The smallest absolute Gasteiger partial charge is 0.300 e. The van der Waals surface area contributed by atoms with Gasteiger partial charge in [-0.3, -0.25) is 41.9 Å². The molecule has 0 fully saturated rings. The van der Waals surface area contributed by atoms with Crippen molar-refractivity contribution in [2.45, 2.75) is 13.8 Å². The lowest BCUT2D eigenvalue weighted by atomic mass is 10.1. The Morgan fingerprint density at radius 1 is 0.420 bits per heavy atom. The molecular formula is C94H68Br2ClIN16O5. The summed E-state index contributed by atoms with van der Waals surface area (Å²) in [6.07, 6.45) is 25.6. The van der Waals surface area contributed by atoms with Crippen LogP contribution in [0.4, 0.5) is 0 Å². The summed E-state index contributed by atoms with van der Waals surface area (Å²) >= 11 is 11.3. The molecular weight excluding hydrogens is 1760 g/mol. The number of hydrogen-bond acceptors (Lipinski definition) is 13. The molecule has 23 rings (SSSR count). The first-order chi connectivity index (χ1) is 57.8. The van der Waals surface area contributed by atoms with Crippen LogP contribution in [-0.2, 0) is 4.79 Å². The molecule has 0 amide bonds. The zero-order chi connectivity index (χ0) is 80.8. The van der Waals surface area contributed by atoms with E-state index in [-0.39, 0.29) is 22.4 Å². The normalized spacial score (nSPS) is 11.0. The molecule has 0 atom stereocenters. The van der Waals surface area contributed by atoms with Crippen LogP contribution in [0.5, 0.6) is 17.2 Å². The SMILES string of the molecule is Br.Brc1ccc2c3ccccc3n(-c3ccccn3)c2c1.CC(=O)O.COc1ccc2c(c1)c1nccn1c1cccnc21.Cc1cccc(-c2ncc[nH]2)c1.Clc1ncccc1I.O=c1ccc2c(c1)c1nccn1c1ccc[nH]c21.c1ccc(-n2c3ccccc3c3ccc(Oc4ccc5c(c4)c4nccn4c4cccnc54)cc32)nc1. The molecule has 3 N–H and O–H groups in total. The van der Waals surface area contributed by atoms with Crippen LogP contribution in [0.1, 0.15) is 12.5 Å². The number of nitrogens with zero attached hydrogens (tertiary/aromatic N) is 14. The molecule has 582 valence electrons. The minimum atomic E-state index is -0.833. The number of carboxylic acids is 1. The topological polar surface area (TPSA) is 244 Å². The van der Waals surface area contributed by atoms with E-state index in [1.807, 2.05) is 194 Å². The van der Waals surface area contributed by atoms with E-state index in [9.17, 15) is 4.79 Å². The maximum atomic E-state index is 11.5. The van der Waals surface area contributed by atoms with Gasteiger partial charge in [-0.1, -0.05) is 106 Å². The van der Waals surface area contributed by atoms with E-state index < -0.39 is 5.97 Å². The van der Waals surface area contributed by atoms with Gasteiger partial charge in [0.15, 0.2) is 5.43 Å². The maximum Gasteiger partial charge on any atom is 0.300 e. The Morgan fingerprint density at radius 3 is 1.46 bits per heavy atom. The van der Waals surface area contributed by atoms with Crippen molar-refractivity contribution in [1.82, 2.24) is 77.2 Å². The van der Waals surface area contributed by atoms with Crippen molar-refractivity contribution in [1.29, 1.82) is 0 Å². The number of rotatable bonds is 6. The molecule has 0 aliphatic carbocycles. The van der Waals surface area contributed by atoms with Gasteiger partial charge in [-0.25, -0.2) is 34.9 Å². The standard InChI is InChI=1S/C31H19N5O.C17H11BrN2.C15H11N3O.C14H9N3O.C10H10N2.C5H3ClIN.C2H4O2.BrH/c1-2-7-26-22(6-1)23-12-10-21(19-28(23)36(26)29-9-3-4-14-32-29)37-20-11-13-24-25(18-20)31-34-16-17-35(31)27-8-5-15-33-30(24)27;18-12-8-9-14-13-5-1-2-6-15(13)20(16(14)11-12)17-7-3-4-10-19-17;1-19-10-4-5-11-12(9-10)15-17-7-8-18(15)13-3-2-6-16-14(11)13;18-9-3-4-10-11(8-9)14-16-6-7-17(14)12-2-1-5-15-13(10)12;1-8-3-2-4-9(7-8)10-11-5-6-12-10;6-5-4(7)2-1-3-8-5;1-2(3)4;/h1-19H;1-11H;2-9H,1H3;1-8,15H;2-7H,1H3,(H,11,12);1-3H;1H3,(H,3,4);1H. The number of pyridine rings is 9. The number of aromatic nitrogens is 16. The van der Waals surface area contributed by atoms with Gasteiger partial charge in [0.1, 0.15) is 56.8 Å². The minimum absolute atomic E-state index is 0. The van der Waals surface area contributed by atoms with Crippen LogP contribution in [0, 0.1) is 10.5 Å². The lowest BCUT2D eigenvalue weighted by Gasteiger charge is -2.11. The largest absolute Gasteiger partial charge is 0.497 e. The van der Waals surface area contributed by atoms with E-state index in [4.69, 9.17) is 31.0 Å². The molecule has 15 heterocycles. The van der Waals surface area contributed by atoms with Crippen LogP contribution in [-0.4, -0.2) is 95.3 Å². The number of imidazole rings is 4. The fraction of sp³-hybridized carbons (Fsp3) is 0.0319. The van der Waals surface area contributed by atoms with Gasteiger partial charge in [0, 0.05) is 164 Å². The summed E-state index contributed by atoms with van der Waals surface area (Å²) in [4.78, 5) is 66.6. The van der Waals surface area contributed by atoms with Crippen molar-refractivity contribution in [3.8, 4) is 40.3 Å². The predicted octanol–water partition coefficient (Wildman–Crippen LogP) is 23.0. The van der Waals surface area contributed by atoms with Gasteiger partial charge in [-0.15, -0.1) is 17.0 Å². The van der Waals surface area contributed by atoms with Gasteiger partial charge in [0.25, 0.3) is 5.97 Å². The van der Waals surface area contributed by atoms with Crippen LogP contribution in [0.3, 0.4) is 0 Å². The number of aliphatic carboxylic acids is 1. The molecule has 0 radical (unpaired) electrons. The second-order valence-electron chi connectivity index (χ2n) is 27.0. The molecule has 0 unspecified atom stereocenters. The summed E-state index contributed by atoms with van der Waals surface area (Å²) in [6, 6.07) is 82.6. The predicted molar refractivity (Wildman–Crippen MR) is 493 cm³/mol. The summed E-state index contributed by atoms with van der Waals surface area (Å²) in [5, 5.41) is 18.9. The van der Waals surface area contributed by atoms with Gasteiger partial charge < -0.3 is 24.5 Å². The summed E-state index contributed by atoms with van der Waals surface area (Å²) in [6.45, 7) is 3.16. The average molecular weight is 1820 g/mol. The van der Waals surface area contributed by atoms with E-state index in [1.54, 1.807) is 44.0 Å². The number of carbonyl (C=O) groups is 1. The van der Waals surface area contributed by atoms with Crippen molar-refractivity contribution in [2.24, 2.45) is 0 Å². The van der Waals surface area contributed by atoms with E-state index in [1.165, 1.54) is 32.8 Å². The highest BCUT2D eigenvalue weighted by Gasteiger charge is 2.19. The van der Waals surface area contributed by atoms with Crippen LogP contribution in [0.25, 0.3) is 149 Å². The molecule has 119 heavy (non-hydrogen) atoms. The Bertz CT molecular complexity index is 7690. The van der Waals surface area contributed by atoms with E-state index in [0.29, 0.717) is 5.15 Å². The van der Waals surface area contributed by atoms with Crippen LogP contribution < -0.4 is 14.9 Å². The highest BCUT2D eigenvalue weighted by Crippen LogP contribution is 2.39. The summed E-state index contributed by atoms with van der Waals surface area (Å²) in [5.74, 6) is 4.23. The number of H-pyrrole nitrogens is 2. The third-order valence-corrected chi connectivity index (χ3v) is 21.6. The number of benzene rings is 8. The lowest BCUT2D eigenvalue weighted by molar-refractivity contribution is -0.134. The Hall–Kier alpha value is -14.1. The van der Waals surface area contributed by atoms with Crippen molar-refractivity contribution in [3.05, 3.63) is 364 Å². The fourth-order valence-electron chi connectivity index (χ4n) is 14.6. The van der Waals surface area contributed by atoms with Crippen molar-refractivity contribution in [2.75, 3.05) is 7.11 Å². The molecule has 0 aliphatic heterocycles. The van der Waals surface area contributed by atoms with Crippen LogP contribution >= 0.6 is 67.1 Å². The van der Waals surface area contributed by atoms with E-state index in [2.05, 4.69) is 227 Å². The number of ether oxygens (including phenoxy) is 2. The second-order valence-corrected chi connectivity index (χ2v) is 29.4. The molecule has 0 aliphatic rings. The number of nitrogens with one attached hydrogen (secondary N) is 2. The molecule has 0 saturated heterocycles. The number of aryl methyl sites for hydroxylation is 1. The number of methoxy groups -OCH3 is 1. The fourth-order valence-corrected chi connectivity index (χ4v) is 15.4. The third kappa shape index (κ3) is 16.2. The molecule has 8 aromatic carbocycles. The van der Waals surface area contributed by atoms with Crippen molar-refractivity contribution < 1.29 is 19.4 Å². The molecule has 23 aromatic rings. The maximum absolute atomic E-state index is 11.5. The highest BCUT2D eigenvalue weighted by molar-refractivity contribution is 14.1. The lowest BCUT2D eigenvalue weighted by Crippen LogP contribution is -1.98. The van der Waals surface area contributed by atoms with Crippen molar-refractivity contribution >= 4 is 199 Å². The molecule has 21 nitrogen and oxygen atoms in total. The molecule has 25 heteroatoms. The molecule has 15 aromatic heterocycles. The Balaban J connectivity index is 0.000000112.